The van der Waals surface area contributed by atoms with Gasteiger partial charge in [-0.1, -0.05) is 19.8 Å². The standard InChI is InChI=1S/C11H17N5O/c1-3-4-5-6-16-9-8(15-11(16)12)10(17-2)14-7-13-9/h7H,3-6H2,1-2H3,(H2,12,15). The number of nitrogen functional groups attached to an aromatic ring is 1. The van der Waals surface area contributed by atoms with Gasteiger partial charge in [0.15, 0.2) is 11.2 Å². The van der Waals surface area contributed by atoms with Crippen LogP contribution in [-0.2, 0) is 6.54 Å². The average Bonchev–Trinajstić information content (AvgIpc) is 2.66. The lowest BCUT2D eigenvalue weighted by Gasteiger charge is -2.04. The zero-order chi connectivity index (χ0) is 12.3. The van der Waals surface area contributed by atoms with Gasteiger partial charge >= 0.3 is 0 Å². The number of imidazole rings is 1. The molecule has 0 spiro atoms. The maximum atomic E-state index is 5.89. The predicted octanol–water partition coefficient (Wildman–Crippen LogP) is 1.61. The number of unbranched alkanes of at least 4 members (excludes halogenated alkanes) is 2. The van der Waals surface area contributed by atoms with E-state index in [1.807, 2.05) is 4.57 Å². The molecular weight excluding hydrogens is 218 g/mol. The van der Waals surface area contributed by atoms with Crippen molar-refractivity contribution < 1.29 is 4.74 Å². The van der Waals surface area contributed by atoms with E-state index < -0.39 is 0 Å². The summed E-state index contributed by atoms with van der Waals surface area (Å²) in [5.41, 5.74) is 7.26. The van der Waals surface area contributed by atoms with E-state index in [1.165, 1.54) is 19.2 Å². The summed E-state index contributed by atoms with van der Waals surface area (Å²) < 4.78 is 7.05. The molecule has 0 aromatic carbocycles. The van der Waals surface area contributed by atoms with Crippen LogP contribution in [-0.4, -0.2) is 26.6 Å². The van der Waals surface area contributed by atoms with Crippen LogP contribution in [0.4, 0.5) is 5.95 Å². The van der Waals surface area contributed by atoms with Gasteiger partial charge in [0.1, 0.15) is 6.33 Å². The lowest BCUT2D eigenvalue weighted by Crippen LogP contribution is -2.04. The number of hydrogen-bond donors (Lipinski definition) is 1. The predicted molar refractivity (Wildman–Crippen MR) is 65.8 cm³/mol. The van der Waals surface area contributed by atoms with E-state index in [1.54, 1.807) is 7.11 Å². The van der Waals surface area contributed by atoms with Crippen molar-refractivity contribution in [3.05, 3.63) is 6.33 Å². The monoisotopic (exact) mass is 235 g/mol. The molecule has 2 heterocycles. The third-order valence-corrected chi connectivity index (χ3v) is 2.71. The Kier molecular flexibility index (Phi) is 3.41. The second-order valence-corrected chi connectivity index (χ2v) is 3.88. The Hall–Kier alpha value is -1.85. The minimum Gasteiger partial charge on any atom is -0.479 e. The number of nitrogens with zero attached hydrogens (tertiary/aromatic N) is 4. The van der Waals surface area contributed by atoms with Gasteiger partial charge in [-0.05, 0) is 6.42 Å². The van der Waals surface area contributed by atoms with Gasteiger partial charge in [0.05, 0.1) is 7.11 Å². The Morgan fingerprint density at radius 1 is 1.35 bits per heavy atom. The van der Waals surface area contributed by atoms with Gasteiger partial charge in [0.2, 0.25) is 11.8 Å². The van der Waals surface area contributed by atoms with Crippen molar-refractivity contribution in [2.75, 3.05) is 12.8 Å². The van der Waals surface area contributed by atoms with E-state index in [0.717, 1.165) is 18.6 Å². The molecule has 0 aliphatic rings. The molecule has 92 valence electrons. The third kappa shape index (κ3) is 2.15. The zero-order valence-electron chi connectivity index (χ0n) is 10.2. The number of rotatable bonds is 5. The fourth-order valence-corrected chi connectivity index (χ4v) is 1.82. The molecule has 0 atom stereocenters. The average molecular weight is 235 g/mol. The van der Waals surface area contributed by atoms with Gasteiger partial charge in [0.25, 0.3) is 0 Å². The number of aryl methyl sites for hydroxylation is 1. The van der Waals surface area contributed by atoms with Crippen molar-refractivity contribution in [3.63, 3.8) is 0 Å². The normalized spacial score (nSPS) is 10.9. The van der Waals surface area contributed by atoms with E-state index in [9.17, 15) is 0 Å². The highest BCUT2D eigenvalue weighted by molar-refractivity contribution is 5.78. The molecule has 6 heteroatoms. The molecule has 0 aliphatic heterocycles. The first-order valence-corrected chi connectivity index (χ1v) is 5.78. The first-order chi connectivity index (χ1) is 8.27. The summed E-state index contributed by atoms with van der Waals surface area (Å²) in [5.74, 6) is 0.936. The van der Waals surface area contributed by atoms with Crippen LogP contribution in [0, 0.1) is 0 Å². The van der Waals surface area contributed by atoms with Gasteiger partial charge in [0, 0.05) is 6.54 Å². The zero-order valence-corrected chi connectivity index (χ0v) is 10.2. The number of methoxy groups -OCH3 is 1. The summed E-state index contributed by atoms with van der Waals surface area (Å²) in [4.78, 5) is 12.5. The topological polar surface area (TPSA) is 78.9 Å². The van der Waals surface area contributed by atoms with Crippen LogP contribution in [0.2, 0.25) is 0 Å². The highest BCUT2D eigenvalue weighted by Crippen LogP contribution is 2.22. The number of nitrogens with two attached hydrogens (primary N) is 1. The molecule has 2 aromatic rings. The van der Waals surface area contributed by atoms with Crippen molar-refractivity contribution in [1.82, 2.24) is 19.5 Å². The number of hydrogen-bond acceptors (Lipinski definition) is 5. The molecule has 0 fully saturated rings. The van der Waals surface area contributed by atoms with Crippen LogP contribution in [0.5, 0.6) is 5.88 Å². The highest BCUT2D eigenvalue weighted by atomic mass is 16.5. The van der Waals surface area contributed by atoms with Crippen LogP contribution >= 0.6 is 0 Å². The smallest absolute Gasteiger partial charge is 0.245 e. The van der Waals surface area contributed by atoms with Crippen molar-refractivity contribution in [1.29, 1.82) is 0 Å². The first kappa shape index (κ1) is 11.6. The van der Waals surface area contributed by atoms with Gasteiger partial charge in [-0.15, -0.1) is 0 Å². The third-order valence-electron chi connectivity index (χ3n) is 2.71. The van der Waals surface area contributed by atoms with E-state index in [0.29, 0.717) is 17.3 Å². The Morgan fingerprint density at radius 2 is 2.18 bits per heavy atom. The van der Waals surface area contributed by atoms with Crippen LogP contribution < -0.4 is 10.5 Å². The lowest BCUT2D eigenvalue weighted by atomic mass is 10.2. The molecular formula is C11H17N5O. The van der Waals surface area contributed by atoms with Crippen molar-refractivity contribution in [2.45, 2.75) is 32.7 Å². The van der Waals surface area contributed by atoms with E-state index in [4.69, 9.17) is 10.5 Å². The Labute approximate surface area is 99.8 Å². The largest absolute Gasteiger partial charge is 0.479 e. The number of ether oxygens (including phenoxy) is 1. The Bertz CT molecular complexity index is 508. The lowest BCUT2D eigenvalue weighted by molar-refractivity contribution is 0.401. The van der Waals surface area contributed by atoms with Gasteiger partial charge in [-0.2, -0.15) is 4.98 Å². The molecule has 0 saturated heterocycles. The van der Waals surface area contributed by atoms with Crippen LogP contribution in [0.15, 0.2) is 6.33 Å². The number of fused-ring (bicyclic) bond motifs is 1. The van der Waals surface area contributed by atoms with Gasteiger partial charge in [-0.3, -0.25) is 4.57 Å². The minimum atomic E-state index is 0.468. The number of aromatic nitrogens is 4. The fourth-order valence-electron chi connectivity index (χ4n) is 1.82. The van der Waals surface area contributed by atoms with Gasteiger partial charge in [-0.25, -0.2) is 9.97 Å². The SMILES string of the molecule is CCCCCn1c(N)nc2c(OC)ncnc21. The van der Waals surface area contributed by atoms with E-state index in [2.05, 4.69) is 21.9 Å². The fraction of sp³-hybridized carbons (Fsp3) is 0.545. The van der Waals surface area contributed by atoms with Crippen LogP contribution in [0.3, 0.4) is 0 Å². The second kappa shape index (κ2) is 4.99. The maximum absolute atomic E-state index is 5.89. The Balaban J connectivity index is 2.38. The van der Waals surface area contributed by atoms with Crippen molar-refractivity contribution >= 4 is 17.1 Å². The Morgan fingerprint density at radius 3 is 2.88 bits per heavy atom. The summed E-state index contributed by atoms with van der Waals surface area (Å²) in [7, 11) is 1.56. The summed E-state index contributed by atoms with van der Waals surface area (Å²) in [5, 5.41) is 0. The maximum Gasteiger partial charge on any atom is 0.245 e. The van der Waals surface area contributed by atoms with Crippen molar-refractivity contribution in [2.24, 2.45) is 0 Å². The van der Waals surface area contributed by atoms with E-state index >= 15 is 0 Å². The molecule has 0 aliphatic carbocycles. The molecule has 0 amide bonds. The molecule has 0 radical (unpaired) electrons. The van der Waals surface area contributed by atoms with Crippen LogP contribution in [0.25, 0.3) is 11.2 Å². The van der Waals surface area contributed by atoms with Gasteiger partial charge < -0.3 is 10.5 Å². The molecule has 0 saturated carbocycles. The molecule has 2 aromatic heterocycles. The highest BCUT2D eigenvalue weighted by Gasteiger charge is 2.13. The van der Waals surface area contributed by atoms with Crippen LogP contribution in [0.1, 0.15) is 26.2 Å². The molecule has 0 unspecified atom stereocenters. The molecule has 2 N–H and O–H groups in total. The van der Waals surface area contributed by atoms with Crippen molar-refractivity contribution in [3.8, 4) is 5.88 Å². The molecule has 6 nitrogen and oxygen atoms in total. The minimum absolute atomic E-state index is 0.468. The quantitative estimate of drug-likeness (QED) is 0.796. The molecule has 0 bridgehead atoms. The summed E-state index contributed by atoms with van der Waals surface area (Å²) >= 11 is 0. The number of anilines is 1. The molecule has 2 rings (SSSR count). The van der Waals surface area contributed by atoms with E-state index in [-0.39, 0.29) is 0 Å². The first-order valence-electron chi connectivity index (χ1n) is 5.78. The second-order valence-electron chi connectivity index (χ2n) is 3.88. The summed E-state index contributed by atoms with van der Waals surface area (Å²) in [6.45, 7) is 3.00. The summed E-state index contributed by atoms with van der Waals surface area (Å²) in [6, 6.07) is 0. The molecule has 17 heavy (non-hydrogen) atoms. The summed E-state index contributed by atoms with van der Waals surface area (Å²) in [6.07, 6.45) is 4.88.